The summed E-state index contributed by atoms with van der Waals surface area (Å²) in [7, 11) is 0. The number of carbonyl (C=O) groups is 1. The Hall–Kier alpha value is -3.53. The van der Waals surface area contributed by atoms with Crippen molar-refractivity contribution in [2.75, 3.05) is 0 Å². The van der Waals surface area contributed by atoms with E-state index in [0.717, 1.165) is 17.2 Å². The van der Waals surface area contributed by atoms with Crippen molar-refractivity contribution < 1.29 is 9.18 Å². The number of hydrogen-bond donors (Lipinski definition) is 1. The molecule has 0 aliphatic heterocycles. The highest BCUT2D eigenvalue weighted by Crippen LogP contribution is 2.18. The van der Waals surface area contributed by atoms with Crippen molar-refractivity contribution >= 4 is 16.7 Å². The van der Waals surface area contributed by atoms with E-state index in [2.05, 4.69) is 4.98 Å². The zero-order valence-corrected chi connectivity index (χ0v) is 14.4. The second kappa shape index (κ2) is 7.00. The molecular formula is C23H16FNO2. The first-order valence-corrected chi connectivity index (χ1v) is 8.61. The minimum Gasteiger partial charge on any atom is -0.360 e. The fourth-order valence-electron chi connectivity index (χ4n) is 3.22. The van der Waals surface area contributed by atoms with Gasteiger partial charge >= 0.3 is 0 Å². The van der Waals surface area contributed by atoms with Crippen molar-refractivity contribution in [3.63, 3.8) is 0 Å². The van der Waals surface area contributed by atoms with Gasteiger partial charge in [-0.1, -0.05) is 54.6 Å². The number of aromatic nitrogens is 1. The molecule has 3 aromatic carbocycles. The molecule has 0 aliphatic carbocycles. The van der Waals surface area contributed by atoms with Crippen LogP contribution in [0.2, 0.25) is 0 Å². The first kappa shape index (κ1) is 16.9. The normalized spacial score (nSPS) is 10.9. The number of ketones is 1. The molecule has 0 aliphatic rings. The summed E-state index contributed by atoms with van der Waals surface area (Å²) < 4.78 is 13.5. The van der Waals surface area contributed by atoms with E-state index < -0.39 is 11.2 Å². The van der Waals surface area contributed by atoms with Gasteiger partial charge in [0.2, 0.25) is 5.43 Å². The molecule has 1 heterocycles. The summed E-state index contributed by atoms with van der Waals surface area (Å²) in [4.78, 5) is 28.8. The molecule has 0 amide bonds. The smallest absolute Gasteiger partial charge is 0.200 e. The van der Waals surface area contributed by atoms with E-state index in [9.17, 15) is 14.0 Å². The zero-order chi connectivity index (χ0) is 18.8. The van der Waals surface area contributed by atoms with E-state index >= 15 is 0 Å². The maximum Gasteiger partial charge on any atom is 0.200 e. The van der Waals surface area contributed by atoms with Gasteiger partial charge in [0.25, 0.3) is 0 Å². The second-order valence-electron chi connectivity index (χ2n) is 6.37. The lowest BCUT2D eigenvalue weighted by atomic mass is 9.94. The third kappa shape index (κ3) is 3.29. The van der Waals surface area contributed by atoms with Crippen molar-refractivity contribution in [2.24, 2.45) is 0 Å². The quantitative estimate of drug-likeness (QED) is 0.547. The fourth-order valence-corrected chi connectivity index (χ4v) is 3.22. The molecule has 0 unspecified atom stereocenters. The monoisotopic (exact) mass is 357 g/mol. The number of H-pyrrole nitrogens is 1. The third-order valence-corrected chi connectivity index (χ3v) is 4.59. The molecule has 4 aromatic rings. The van der Waals surface area contributed by atoms with Crippen LogP contribution in [-0.2, 0) is 6.42 Å². The van der Waals surface area contributed by atoms with Gasteiger partial charge in [0.15, 0.2) is 5.78 Å². The number of halogens is 1. The Morgan fingerprint density at radius 2 is 1.63 bits per heavy atom. The van der Waals surface area contributed by atoms with Crippen LogP contribution in [0.3, 0.4) is 0 Å². The molecule has 0 saturated carbocycles. The number of carbonyl (C=O) groups excluding carboxylic acids is 1. The summed E-state index contributed by atoms with van der Waals surface area (Å²) in [6.45, 7) is 0. The molecule has 132 valence electrons. The van der Waals surface area contributed by atoms with Gasteiger partial charge in [-0.25, -0.2) is 4.39 Å². The van der Waals surface area contributed by atoms with Crippen molar-refractivity contribution in [3.8, 4) is 0 Å². The van der Waals surface area contributed by atoms with E-state index in [0.29, 0.717) is 17.5 Å². The Balaban J connectivity index is 1.79. The van der Waals surface area contributed by atoms with Crippen LogP contribution in [0.4, 0.5) is 4.39 Å². The van der Waals surface area contributed by atoms with Crippen molar-refractivity contribution in [3.05, 3.63) is 117 Å². The maximum atomic E-state index is 13.5. The summed E-state index contributed by atoms with van der Waals surface area (Å²) in [5.41, 5.74) is 2.43. The molecule has 4 rings (SSSR count). The van der Waals surface area contributed by atoms with Crippen LogP contribution in [0.1, 0.15) is 27.0 Å². The van der Waals surface area contributed by atoms with Gasteiger partial charge in [-0.15, -0.1) is 0 Å². The first-order valence-electron chi connectivity index (χ1n) is 8.61. The topological polar surface area (TPSA) is 49.9 Å². The van der Waals surface area contributed by atoms with Crippen molar-refractivity contribution in [1.29, 1.82) is 0 Å². The first-order chi connectivity index (χ1) is 13.1. The molecule has 4 heteroatoms. The van der Waals surface area contributed by atoms with Gasteiger partial charge in [-0.05, 0) is 35.7 Å². The highest BCUT2D eigenvalue weighted by Gasteiger charge is 2.18. The Labute approximate surface area is 155 Å². The number of rotatable bonds is 4. The average molecular weight is 357 g/mol. The molecule has 0 radical (unpaired) electrons. The SMILES string of the molecule is O=C(c1ccccc1Cc1ccccc1)c1c[nH]c2ccc(F)cc2c1=O. The van der Waals surface area contributed by atoms with Crippen LogP contribution in [0.25, 0.3) is 10.9 Å². The summed E-state index contributed by atoms with van der Waals surface area (Å²) in [6, 6.07) is 21.0. The lowest BCUT2D eigenvalue weighted by Crippen LogP contribution is -2.18. The van der Waals surface area contributed by atoms with Gasteiger partial charge in [0, 0.05) is 22.7 Å². The third-order valence-electron chi connectivity index (χ3n) is 4.59. The Bertz CT molecular complexity index is 1200. The lowest BCUT2D eigenvalue weighted by Gasteiger charge is -2.09. The number of aromatic amines is 1. The highest BCUT2D eigenvalue weighted by molar-refractivity contribution is 6.11. The van der Waals surface area contributed by atoms with E-state index in [-0.39, 0.29) is 16.7 Å². The van der Waals surface area contributed by atoms with Gasteiger partial charge in [0.05, 0.1) is 5.56 Å². The number of fused-ring (bicyclic) bond motifs is 1. The average Bonchev–Trinajstić information content (AvgIpc) is 2.69. The molecule has 0 fully saturated rings. The number of pyridine rings is 1. The van der Waals surface area contributed by atoms with Gasteiger partial charge in [0.1, 0.15) is 5.82 Å². The van der Waals surface area contributed by atoms with Crippen LogP contribution < -0.4 is 5.43 Å². The minimum absolute atomic E-state index is 0.00797. The predicted octanol–water partition coefficient (Wildman–Crippen LogP) is 4.49. The van der Waals surface area contributed by atoms with Gasteiger partial charge < -0.3 is 4.98 Å². The number of hydrogen-bond acceptors (Lipinski definition) is 2. The van der Waals surface area contributed by atoms with Gasteiger partial charge in [-0.3, -0.25) is 9.59 Å². The highest BCUT2D eigenvalue weighted by atomic mass is 19.1. The minimum atomic E-state index is -0.512. The molecule has 0 saturated heterocycles. The number of benzene rings is 3. The van der Waals surface area contributed by atoms with Crippen LogP contribution in [0.15, 0.2) is 83.8 Å². The van der Waals surface area contributed by atoms with Crippen molar-refractivity contribution in [1.82, 2.24) is 4.98 Å². The molecular weight excluding hydrogens is 341 g/mol. The Morgan fingerprint density at radius 3 is 2.44 bits per heavy atom. The molecule has 0 spiro atoms. The standard InChI is InChI=1S/C23H16FNO2/c24-17-10-11-21-19(13-17)23(27)20(14-25-21)22(26)18-9-5-4-8-16(18)12-15-6-2-1-3-7-15/h1-11,13-14H,12H2,(H,25,27). The summed E-state index contributed by atoms with van der Waals surface area (Å²) in [5, 5.41) is 0.168. The Morgan fingerprint density at radius 1 is 0.889 bits per heavy atom. The summed E-state index contributed by atoms with van der Waals surface area (Å²) >= 11 is 0. The van der Waals surface area contributed by atoms with E-state index in [1.165, 1.54) is 18.3 Å². The zero-order valence-electron chi connectivity index (χ0n) is 14.4. The van der Waals surface area contributed by atoms with Gasteiger partial charge in [-0.2, -0.15) is 0 Å². The predicted molar refractivity (Wildman–Crippen MR) is 104 cm³/mol. The van der Waals surface area contributed by atoms with Crippen LogP contribution >= 0.6 is 0 Å². The van der Waals surface area contributed by atoms with E-state index in [1.807, 2.05) is 42.5 Å². The second-order valence-corrected chi connectivity index (χ2v) is 6.37. The van der Waals surface area contributed by atoms with E-state index in [4.69, 9.17) is 0 Å². The molecule has 3 nitrogen and oxygen atoms in total. The molecule has 0 bridgehead atoms. The van der Waals surface area contributed by atoms with E-state index in [1.54, 1.807) is 12.1 Å². The molecule has 1 N–H and O–H groups in total. The maximum absolute atomic E-state index is 13.5. The van der Waals surface area contributed by atoms with Crippen LogP contribution in [0.5, 0.6) is 0 Å². The largest absolute Gasteiger partial charge is 0.360 e. The van der Waals surface area contributed by atoms with Crippen LogP contribution in [0, 0.1) is 5.82 Å². The number of nitrogens with one attached hydrogen (secondary N) is 1. The molecule has 1 aromatic heterocycles. The lowest BCUT2D eigenvalue weighted by molar-refractivity contribution is 0.103. The summed E-state index contributed by atoms with van der Waals surface area (Å²) in [6.07, 6.45) is 1.99. The Kier molecular flexibility index (Phi) is 4.38. The molecule has 27 heavy (non-hydrogen) atoms. The fraction of sp³-hybridized carbons (Fsp3) is 0.0435. The molecule has 0 atom stereocenters. The summed E-state index contributed by atoms with van der Waals surface area (Å²) in [5.74, 6) is -0.879. The van der Waals surface area contributed by atoms with Crippen molar-refractivity contribution in [2.45, 2.75) is 6.42 Å². The van der Waals surface area contributed by atoms with Crippen LogP contribution in [-0.4, -0.2) is 10.8 Å².